The fourth-order valence-corrected chi connectivity index (χ4v) is 3.09. The van der Waals surface area contributed by atoms with Gasteiger partial charge in [0.25, 0.3) is 0 Å². The van der Waals surface area contributed by atoms with Gasteiger partial charge in [-0.2, -0.15) is 0 Å². The molecule has 0 aliphatic heterocycles. The van der Waals surface area contributed by atoms with Crippen LogP contribution >= 0.6 is 23.2 Å². The minimum absolute atomic E-state index is 0.0559. The summed E-state index contributed by atoms with van der Waals surface area (Å²) in [6, 6.07) is 2.42. The third-order valence-corrected chi connectivity index (χ3v) is 3.99. The molecule has 0 heterocycles. The molecule has 2 N–H and O–H groups in total. The smallest absolute Gasteiger partial charge is 0.337 e. The molecular formula is C10H11Cl2NO4S. The zero-order chi connectivity index (χ0) is 13.9. The second kappa shape index (κ2) is 5.77. The molecule has 0 bridgehead atoms. The van der Waals surface area contributed by atoms with Gasteiger partial charge in [-0.3, -0.25) is 4.72 Å². The third-order valence-electron chi connectivity index (χ3n) is 2.02. The number of nitrogens with one attached hydrogen (secondary N) is 1. The number of anilines is 1. The van der Waals surface area contributed by atoms with Gasteiger partial charge in [0.15, 0.2) is 0 Å². The first kappa shape index (κ1) is 15.1. The molecular weight excluding hydrogens is 301 g/mol. The number of carboxylic acid groups (broad SMARTS) is 1. The van der Waals surface area contributed by atoms with E-state index in [0.29, 0.717) is 6.42 Å². The lowest BCUT2D eigenvalue weighted by atomic mass is 10.2. The van der Waals surface area contributed by atoms with E-state index in [0.717, 1.165) is 6.07 Å². The van der Waals surface area contributed by atoms with Gasteiger partial charge in [0.1, 0.15) is 0 Å². The molecule has 0 atom stereocenters. The predicted molar refractivity (Wildman–Crippen MR) is 71.1 cm³/mol. The number of rotatable bonds is 5. The molecule has 18 heavy (non-hydrogen) atoms. The van der Waals surface area contributed by atoms with E-state index < -0.39 is 16.0 Å². The lowest BCUT2D eigenvalue weighted by molar-refractivity contribution is 0.0698. The molecule has 1 aromatic carbocycles. The Kier molecular flexibility index (Phi) is 4.84. The van der Waals surface area contributed by atoms with E-state index in [2.05, 4.69) is 4.72 Å². The zero-order valence-electron chi connectivity index (χ0n) is 9.41. The Hall–Kier alpha value is -0.980. The van der Waals surface area contributed by atoms with Gasteiger partial charge in [-0.1, -0.05) is 30.1 Å². The monoisotopic (exact) mass is 311 g/mol. The molecule has 0 aliphatic carbocycles. The Morgan fingerprint density at radius 3 is 2.50 bits per heavy atom. The van der Waals surface area contributed by atoms with Crippen LogP contribution in [0.2, 0.25) is 10.0 Å². The average Bonchev–Trinajstić information content (AvgIpc) is 2.21. The average molecular weight is 312 g/mol. The van der Waals surface area contributed by atoms with Crippen LogP contribution < -0.4 is 4.72 Å². The summed E-state index contributed by atoms with van der Waals surface area (Å²) in [5, 5.41) is 9.05. The summed E-state index contributed by atoms with van der Waals surface area (Å²) in [5.41, 5.74) is -0.450. The number of aromatic carboxylic acids is 1. The summed E-state index contributed by atoms with van der Waals surface area (Å²) >= 11 is 11.5. The molecule has 1 rings (SSSR count). The standard InChI is InChI=1S/C10H11Cl2NO4S/c1-2-3-18(16,17)13-9-7(10(14)15)4-6(11)5-8(9)12/h4-5,13H,2-3H2,1H3,(H,14,15). The first-order chi connectivity index (χ1) is 8.26. The third kappa shape index (κ3) is 3.76. The Balaban J connectivity index is 3.28. The van der Waals surface area contributed by atoms with E-state index in [1.807, 2.05) is 0 Å². The SMILES string of the molecule is CCCS(=O)(=O)Nc1c(Cl)cc(Cl)cc1C(=O)O. The number of hydrogen-bond donors (Lipinski definition) is 2. The number of carbonyl (C=O) groups is 1. The molecule has 0 fully saturated rings. The molecule has 5 nitrogen and oxygen atoms in total. The number of benzene rings is 1. The van der Waals surface area contributed by atoms with Crippen LogP contribution in [0, 0.1) is 0 Å². The highest BCUT2D eigenvalue weighted by atomic mass is 35.5. The lowest BCUT2D eigenvalue weighted by Crippen LogP contribution is -2.18. The highest BCUT2D eigenvalue weighted by Crippen LogP contribution is 2.31. The Morgan fingerprint density at radius 2 is 2.00 bits per heavy atom. The van der Waals surface area contributed by atoms with Crippen molar-refractivity contribution in [3.8, 4) is 0 Å². The number of sulfonamides is 1. The van der Waals surface area contributed by atoms with Crippen molar-refractivity contribution in [2.45, 2.75) is 13.3 Å². The zero-order valence-corrected chi connectivity index (χ0v) is 11.7. The van der Waals surface area contributed by atoms with E-state index >= 15 is 0 Å². The molecule has 100 valence electrons. The summed E-state index contributed by atoms with van der Waals surface area (Å²) in [4.78, 5) is 11.0. The van der Waals surface area contributed by atoms with Crippen LogP contribution in [0.15, 0.2) is 12.1 Å². The van der Waals surface area contributed by atoms with Gasteiger partial charge in [-0.05, 0) is 18.6 Å². The van der Waals surface area contributed by atoms with Gasteiger partial charge in [0, 0.05) is 5.02 Å². The van der Waals surface area contributed by atoms with Gasteiger partial charge in [-0.15, -0.1) is 0 Å². The minimum Gasteiger partial charge on any atom is -0.478 e. The summed E-state index contributed by atoms with van der Waals surface area (Å²) < 4.78 is 25.4. The topological polar surface area (TPSA) is 83.5 Å². The molecule has 1 aromatic rings. The molecule has 0 radical (unpaired) electrons. The van der Waals surface area contributed by atoms with Crippen LogP contribution in [-0.2, 0) is 10.0 Å². The van der Waals surface area contributed by atoms with E-state index in [1.54, 1.807) is 6.92 Å². The van der Waals surface area contributed by atoms with Crippen molar-refractivity contribution in [2.75, 3.05) is 10.5 Å². The molecule has 0 amide bonds. The van der Waals surface area contributed by atoms with Crippen LogP contribution in [0.25, 0.3) is 0 Å². The van der Waals surface area contributed by atoms with E-state index in [-0.39, 0.29) is 27.0 Å². The van der Waals surface area contributed by atoms with E-state index in [4.69, 9.17) is 28.3 Å². The quantitative estimate of drug-likeness (QED) is 0.875. The second-order valence-corrected chi connectivity index (χ2v) is 6.22. The highest BCUT2D eigenvalue weighted by Gasteiger charge is 2.19. The molecule has 8 heteroatoms. The van der Waals surface area contributed by atoms with E-state index in [9.17, 15) is 13.2 Å². The van der Waals surface area contributed by atoms with Crippen LogP contribution in [0.4, 0.5) is 5.69 Å². The second-order valence-electron chi connectivity index (χ2n) is 3.54. The Bertz CT molecular complexity index is 571. The summed E-state index contributed by atoms with van der Waals surface area (Å²) in [7, 11) is -3.62. The number of halogens is 2. The van der Waals surface area contributed by atoms with Gasteiger partial charge < -0.3 is 5.11 Å². The Labute approximate surface area is 115 Å². The minimum atomic E-state index is -3.62. The summed E-state index contributed by atoms with van der Waals surface area (Å²) in [5.74, 6) is -1.43. The molecule has 0 saturated carbocycles. The van der Waals surface area contributed by atoms with Crippen molar-refractivity contribution < 1.29 is 18.3 Å². The number of carboxylic acids is 1. The Morgan fingerprint density at radius 1 is 1.39 bits per heavy atom. The van der Waals surface area contributed by atoms with Gasteiger partial charge >= 0.3 is 5.97 Å². The lowest BCUT2D eigenvalue weighted by Gasteiger charge is -2.12. The maximum Gasteiger partial charge on any atom is 0.337 e. The van der Waals surface area contributed by atoms with Crippen LogP contribution in [-0.4, -0.2) is 25.2 Å². The van der Waals surface area contributed by atoms with Crippen LogP contribution in [0.1, 0.15) is 23.7 Å². The fraction of sp³-hybridized carbons (Fsp3) is 0.300. The summed E-state index contributed by atoms with van der Waals surface area (Å²) in [6.07, 6.45) is 0.406. The predicted octanol–water partition coefficient (Wildman–Crippen LogP) is 2.84. The molecule has 0 saturated heterocycles. The number of hydrogen-bond acceptors (Lipinski definition) is 3. The van der Waals surface area contributed by atoms with Crippen LogP contribution in [0.5, 0.6) is 0 Å². The first-order valence-electron chi connectivity index (χ1n) is 4.99. The summed E-state index contributed by atoms with van der Waals surface area (Å²) in [6.45, 7) is 1.70. The van der Waals surface area contributed by atoms with Crippen molar-refractivity contribution in [1.82, 2.24) is 0 Å². The normalized spacial score (nSPS) is 11.3. The van der Waals surface area contributed by atoms with Crippen molar-refractivity contribution >= 4 is 44.9 Å². The molecule has 0 spiro atoms. The van der Waals surface area contributed by atoms with Crippen molar-refractivity contribution in [1.29, 1.82) is 0 Å². The van der Waals surface area contributed by atoms with Crippen molar-refractivity contribution in [3.63, 3.8) is 0 Å². The van der Waals surface area contributed by atoms with Gasteiger partial charge in [0.2, 0.25) is 10.0 Å². The van der Waals surface area contributed by atoms with Crippen LogP contribution in [0.3, 0.4) is 0 Å². The van der Waals surface area contributed by atoms with Crippen molar-refractivity contribution in [2.24, 2.45) is 0 Å². The van der Waals surface area contributed by atoms with Gasteiger partial charge in [0.05, 0.1) is 22.0 Å². The molecule has 0 aromatic heterocycles. The van der Waals surface area contributed by atoms with Gasteiger partial charge in [-0.25, -0.2) is 13.2 Å². The first-order valence-corrected chi connectivity index (χ1v) is 7.40. The van der Waals surface area contributed by atoms with E-state index in [1.165, 1.54) is 6.07 Å². The maximum absolute atomic E-state index is 11.6. The fourth-order valence-electron chi connectivity index (χ4n) is 1.32. The molecule has 0 unspecified atom stereocenters. The molecule has 0 aliphatic rings. The maximum atomic E-state index is 11.6. The van der Waals surface area contributed by atoms with Crippen molar-refractivity contribution in [3.05, 3.63) is 27.7 Å². The largest absolute Gasteiger partial charge is 0.478 e. The highest BCUT2D eigenvalue weighted by molar-refractivity contribution is 7.92.